The zero-order valence-electron chi connectivity index (χ0n) is 14.0. The van der Waals surface area contributed by atoms with Gasteiger partial charge in [-0.05, 0) is 37.6 Å². The monoisotopic (exact) mass is 322 g/mol. The average molecular weight is 322 g/mol. The molecule has 128 valence electrons. The van der Waals surface area contributed by atoms with Gasteiger partial charge in [-0.25, -0.2) is 4.39 Å². The number of guanidine groups is 1. The molecule has 0 spiro atoms. The highest BCUT2D eigenvalue weighted by Gasteiger charge is 2.15. The molecule has 1 atom stereocenters. The first kappa shape index (κ1) is 17.7. The Morgan fingerprint density at radius 2 is 2.13 bits per heavy atom. The van der Waals surface area contributed by atoms with Crippen LogP contribution < -0.4 is 10.6 Å². The normalized spacial score (nSPS) is 18.4. The summed E-state index contributed by atoms with van der Waals surface area (Å²) in [6.45, 7) is 4.13. The first-order chi connectivity index (χ1) is 11.2. The molecule has 0 amide bonds. The lowest BCUT2D eigenvalue weighted by Crippen LogP contribution is -2.43. The second-order valence-corrected chi connectivity index (χ2v) is 5.88. The number of likely N-dealkylation sites (N-methyl/N-ethyl adjacent to an activating group) is 1. The first-order valence-electron chi connectivity index (χ1n) is 8.16. The van der Waals surface area contributed by atoms with Gasteiger partial charge in [0, 0.05) is 39.8 Å². The lowest BCUT2D eigenvalue weighted by molar-refractivity contribution is 0.114. The number of hydrogen-bond donors (Lipinski definition) is 2. The summed E-state index contributed by atoms with van der Waals surface area (Å²) >= 11 is 0. The van der Waals surface area contributed by atoms with E-state index in [0.717, 1.165) is 57.2 Å². The fraction of sp³-hybridized carbons (Fsp3) is 0.588. The van der Waals surface area contributed by atoms with Gasteiger partial charge in [0.25, 0.3) is 0 Å². The molecular formula is C17H27FN4O. The smallest absolute Gasteiger partial charge is 0.191 e. The predicted molar refractivity (Wildman–Crippen MR) is 91.1 cm³/mol. The number of rotatable bonds is 7. The zero-order chi connectivity index (χ0) is 16.5. The van der Waals surface area contributed by atoms with Crippen molar-refractivity contribution in [3.05, 3.63) is 35.6 Å². The zero-order valence-corrected chi connectivity index (χ0v) is 14.0. The van der Waals surface area contributed by atoms with Crippen LogP contribution in [0.2, 0.25) is 0 Å². The third-order valence-electron chi connectivity index (χ3n) is 3.90. The molecule has 0 saturated carbocycles. The SMILES string of the molecule is CN=C(NCCN(C)Cc1ccc(F)cc1)NCC1CCCO1. The molecule has 0 bridgehead atoms. The lowest BCUT2D eigenvalue weighted by Gasteiger charge is -2.19. The Labute approximate surface area is 137 Å². The van der Waals surface area contributed by atoms with Crippen molar-refractivity contribution in [2.24, 2.45) is 4.99 Å². The quantitative estimate of drug-likeness (QED) is 0.591. The van der Waals surface area contributed by atoms with Crippen molar-refractivity contribution in [3.63, 3.8) is 0 Å². The number of benzene rings is 1. The van der Waals surface area contributed by atoms with Crippen LogP contribution in [0.3, 0.4) is 0 Å². The van der Waals surface area contributed by atoms with Crippen LogP contribution in [0.5, 0.6) is 0 Å². The lowest BCUT2D eigenvalue weighted by atomic mass is 10.2. The molecule has 1 aromatic rings. The van der Waals surface area contributed by atoms with Crippen molar-refractivity contribution in [1.82, 2.24) is 15.5 Å². The minimum absolute atomic E-state index is 0.195. The third kappa shape index (κ3) is 6.54. The molecule has 1 aliphatic rings. The van der Waals surface area contributed by atoms with Crippen molar-refractivity contribution in [1.29, 1.82) is 0 Å². The van der Waals surface area contributed by atoms with Crippen LogP contribution in [0, 0.1) is 5.82 Å². The van der Waals surface area contributed by atoms with Crippen LogP contribution in [-0.2, 0) is 11.3 Å². The number of aliphatic imine (C=N–C) groups is 1. The molecule has 1 heterocycles. The van der Waals surface area contributed by atoms with Gasteiger partial charge in [-0.2, -0.15) is 0 Å². The number of nitrogens with zero attached hydrogens (tertiary/aromatic N) is 2. The number of ether oxygens (including phenoxy) is 1. The van der Waals surface area contributed by atoms with Crippen molar-refractivity contribution in [2.45, 2.75) is 25.5 Å². The standard InChI is InChI=1S/C17H27FN4O/c1-19-17(21-12-16-4-3-11-23-16)20-9-10-22(2)13-14-5-7-15(18)8-6-14/h5-8,16H,3-4,9-13H2,1-2H3,(H2,19,20,21). The van der Waals surface area contributed by atoms with E-state index in [1.165, 1.54) is 12.1 Å². The van der Waals surface area contributed by atoms with Crippen molar-refractivity contribution < 1.29 is 9.13 Å². The van der Waals surface area contributed by atoms with E-state index in [2.05, 4.69) is 20.5 Å². The van der Waals surface area contributed by atoms with Gasteiger partial charge in [-0.15, -0.1) is 0 Å². The van der Waals surface area contributed by atoms with Crippen molar-refractivity contribution in [3.8, 4) is 0 Å². The van der Waals surface area contributed by atoms with E-state index in [4.69, 9.17) is 4.74 Å². The summed E-state index contributed by atoms with van der Waals surface area (Å²) in [5, 5.41) is 6.60. The average Bonchev–Trinajstić information content (AvgIpc) is 3.06. The van der Waals surface area contributed by atoms with E-state index in [9.17, 15) is 4.39 Å². The van der Waals surface area contributed by atoms with Crippen LogP contribution in [0.4, 0.5) is 4.39 Å². The van der Waals surface area contributed by atoms with Crippen molar-refractivity contribution in [2.75, 3.05) is 40.3 Å². The second-order valence-electron chi connectivity index (χ2n) is 5.88. The Hall–Kier alpha value is -1.66. The second kappa shape index (κ2) is 9.47. The van der Waals surface area contributed by atoms with E-state index >= 15 is 0 Å². The minimum atomic E-state index is -0.195. The number of hydrogen-bond acceptors (Lipinski definition) is 3. The Bertz CT molecular complexity index is 486. The molecule has 1 aromatic carbocycles. The van der Waals surface area contributed by atoms with Gasteiger partial charge in [-0.3, -0.25) is 4.99 Å². The molecule has 6 heteroatoms. The van der Waals surface area contributed by atoms with Gasteiger partial charge < -0.3 is 20.3 Å². The molecule has 23 heavy (non-hydrogen) atoms. The molecule has 2 rings (SSSR count). The molecule has 0 radical (unpaired) electrons. The molecule has 1 unspecified atom stereocenters. The molecule has 2 N–H and O–H groups in total. The van der Waals surface area contributed by atoms with E-state index in [-0.39, 0.29) is 5.82 Å². The predicted octanol–water partition coefficient (Wildman–Crippen LogP) is 1.60. The fourth-order valence-corrected chi connectivity index (χ4v) is 2.58. The van der Waals surface area contributed by atoms with E-state index in [1.54, 1.807) is 7.05 Å². The van der Waals surface area contributed by atoms with Crippen LogP contribution in [0.25, 0.3) is 0 Å². The largest absolute Gasteiger partial charge is 0.376 e. The maximum Gasteiger partial charge on any atom is 0.191 e. The van der Waals surface area contributed by atoms with Crippen LogP contribution in [0.15, 0.2) is 29.3 Å². The molecule has 0 aliphatic carbocycles. The van der Waals surface area contributed by atoms with Crippen molar-refractivity contribution >= 4 is 5.96 Å². The van der Waals surface area contributed by atoms with Gasteiger partial charge in [0.05, 0.1) is 6.10 Å². The highest BCUT2D eigenvalue weighted by Crippen LogP contribution is 2.10. The molecule has 1 aliphatic heterocycles. The molecule has 0 aromatic heterocycles. The van der Waals surface area contributed by atoms with E-state index in [1.807, 2.05) is 19.2 Å². The number of nitrogens with one attached hydrogen (secondary N) is 2. The Morgan fingerprint density at radius 1 is 1.35 bits per heavy atom. The number of halogens is 1. The summed E-state index contributed by atoms with van der Waals surface area (Å²) < 4.78 is 18.5. The highest BCUT2D eigenvalue weighted by atomic mass is 19.1. The molecule has 5 nitrogen and oxygen atoms in total. The Balaban J connectivity index is 1.62. The van der Waals surface area contributed by atoms with Gasteiger partial charge in [0.15, 0.2) is 5.96 Å². The summed E-state index contributed by atoms with van der Waals surface area (Å²) in [7, 11) is 3.82. The van der Waals surface area contributed by atoms with Gasteiger partial charge in [0.2, 0.25) is 0 Å². The van der Waals surface area contributed by atoms with Gasteiger partial charge >= 0.3 is 0 Å². The Kier molecular flexibility index (Phi) is 7.29. The van der Waals surface area contributed by atoms with Crippen LogP contribution in [-0.4, -0.2) is 57.3 Å². The summed E-state index contributed by atoms with van der Waals surface area (Å²) in [6, 6.07) is 6.64. The van der Waals surface area contributed by atoms with E-state index in [0.29, 0.717) is 6.10 Å². The summed E-state index contributed by atoms with van der Waals surface area (Å²) in [5.74, 6) is 0.606. The molecular weight excluding hydrogens is 295 g/mol. The first-order valence-corrected chi connectivity index (χ1v) is 8.16. The van der Waals surface area contributed by atoms with Gasteiger partial charge in [-0.1, -0.05) is 12.1 Å². The highest BCUT2D eigenvalue weighted by molar-refractivity contribution is 5.79. The summed E-state index contributed by atoms with van der Waals surface area (Å²) in [4.78, 5) is 6.41. The van der Waals surface area contributed by atoms with Crippen LogP contribution >= 0.6 is 0 Å². The third-order valence-corrected chi connectivity index (χ3v) is 3.90. The molecule has 1 saturated heterocycles. The minimum Gasteiger partial charge on any atom is -0.376 e. The summed E-state index contributed by atoms with van der Waals surface area (Å²) in [5.41, 5.74) is 1.11. The maximum absolute atomic E-state index is 12.9. The van der Waals surface area contributed by atoms with Crippen LogP contribution in [0.1, 0.15) is 18.4 Å². The van der Waals surface area contributed by atoms with E-state index < -0.39 is 0 Å². The molecule has 1 fully saturated rings. The maximum atomic E-state index is 12.9. The Morgan fingerprint density at radius 3 is 2.78 bits per heavy atom. The summed E-state index contributed by atoms with van der Waals surface area (Å²) in [6.07, 6.45) is 2.56. The fourth-order valence-electron chi connectivity index (χ4n) is 2.58. The van der Waals surface area contributed by atoms with Gasteiger partial charge in [0.1, 0.15) is 5.82 Å². The topological polar surface area (TPSA) is 48.9 Å².